The van der Waals surface area contributed by atoms with Crippen LogP contribution in [0.15, 0.2) is 270 Å². The summed E-state index contributed by atoms with van der Waals surface area (Å²) in [4.78, 5) is 50.4. The highest BCUT2D eigenvalue weighted by Gasteiger charge is 2.28. The lowest BCUT2D eigenvalue weighted by atomic mass is 9.90. The standard InChI is InChI=1S/C76H50N10O2/c1-46-19-21-54(22-20-46)76-85-68(50-28-36-78-37-29-50)65(69(86-76)51-30-38-79-39-31-51)55-23-25-63-57(42-55)58-44-61(47-12-5-2-6-13-47)82-72(73(58)87-63)60-45-62(48-14-7-3-8-15-48)81-71-59-43-56(24-26-64(59)88-74(60)71)66-67(49-18-11-34-77-35-27-49)83-75(53-16-9-4-10-17-53)84-70(66)52-32-40-80-41-33-52/h2-19,21-46,49H,20H2,1H3. The van der Waals surface area contributed by atoms with Crippen molar-refractivity contribution in [2.75, 3.05) is 0 Å². The molecule has 0 radical (unpaired) electrons. The topological polar surface area (TPSA) is 155 Å². The minimum atomic E-state index is -0.244. The van der Waals surface area contributed by atoms with Crippen molar-refractivity contribution in [1.29, 1.82) is 0 Å². The molecule has 12 nitrogen and oxygen atoms in total. The van der Waals surface area contributed by atoms with Gasteiger partial charge in [-0.15, -0.1) is 0 Å². The number of hydrogen-bond acceptors (Lipinski definition) is 12. The monoisotopic (exact) mass is 1130 g/mol. The average molecular weight is 1140 g/mol. The van der Waals surface area contributed by atoms with E-state index in [9.17, 15) is 0 Å². The Morgan fingerprint density at radius 2 is 0.977 bits per heavy atom. The maximum Gasteiger partial charge on any atom is 0.163 e. The quantitative estimate of drug-likeness (QED) is 0.122. The van der Waals surface area contributed by atoms with E-state index in [4.69, 9.17) is 38.7 Å². The van der Waals surface area contributed by atoms with Crippen molar-refractivity contribution in [1.82, 2.24) is 44.9 Å². The van der Waals surface area contributed by atoms with Crippen LogP contribution in [0.25, 0.3) is 151 Å². The molecule has 1 aliphatic heterocycles. The maximum absolute atomic E-state index is 7.15. The van der Waals surface area contributed by atoms with E-state index in [1.807, 2.05) is 128 Å². The molecule has 0 saturated carbocycles. The Morgan fingerprint density at radius 1 is 0.420 bits per heavy atom. The normalized spacial score (nSPS) is 14.7. The molecule has 9 aromatic heterocycles. The van der Waals surface area contributed by atoms with Gasteiger partial charge in [-0.05, 0) is 102 Å². The number of rotatable bonds is 11. The Kier molecular flexibility index (Phi) is 13.0. The third kappa shape index (κ3) is 9.45. The summed E-state index contributed by atoms with van der Waals surface area (Å²) in [5.74, 6) is 1.44. The van der Waals surface area contributed by atoms with Gasteiger partial charge in [-0.1, -0.05) is 140 Å². The lowest BCUT2D eigenvalue weighted by Gasteiger charge is -2.19. The zero-order chi connectivity index (χ0) is 58.5. The van der Waals surface area contributed by atoms with Crippen molar-refractivity contribution in [3.05, 3.63) is 267 Å². The van der Waals surface area contributed by atoms with Crippen LogP contribution in [0.2, 0.25) is 0 Å². The van der Waals surface area contributed by atoms with Gasteiger partial charge >= 0.3 is 0 Å². The lowest BCUT2D eigenvalue weighted by Crippen LogP contribution is -2.06. The summed E-state index contributed by atoms with van der Waals surface area (Å²) in [6.07, 6.45) is 28.1. The number of benzene rings is 5. The Hall–Kier alpha value is -11.8. The maximum atomic E-state index is 7.15. The van der Waals surface area contributed by atoms with E-state index >= 15 is 0 Å². The third-order valence-corrected chi connectivity index (χ3v) is 16.3. The summed E-state index contributed by atoms with van der Waals surface area (Å²) >= 11 is 0. The average Bonchev–Trinajstić information content (AvgIpc) is 1.66. The van der Waals surface area contributed by atoms with Crippen LogP contribution in [0.1, 0.15) is 30.8 Å². The third-order valence-electron chi connectivity index (χ3n) is 16.3. The predicted molar refractivity (Wildman–Crippen MR) is 350 cm³/mol. The molecule has 12 heteroatoms. The van der Waals surface area contributed by atoms with E-state index in [1.54, 1.807) is 43.4 Å². The van der Waals surface area contributed by atoms with Gasteiger partial charge in [-0.2, -0.15) is 0 Å². The van der Waals surface area contributed by atoms with Gasteiger partial charge in [0.1, 0.15) is 22.4 Å². The molecule has 14 aromatic rings. The van der Waals surface area contributed by atoms with Crippen molar-refractivity contribution in [3.8, 4) is 101 Å². The minimum absolute atomic E-state index is 0.244. The van der Waals surface area contributed by atoms with Crippen molar-refractivity contribution in [2.45, 2.75) is 19.3 Å². The number of allylic oxidation sites excluding steroid dienone is 7. The van der Waals surface area contributed by atoms with E-state index < -0.39 is 0 Å². The first-order chi connectivity index (χ1) is 43.5. The first kappa shape index (κ1) is 51.8. The van der Waals surface area contributed by atoms with Gasteiger partial charge in [0.05, 0.1) is 39.7 Å². The van der Waals surface area contributed by atoms with Crippen LogP contribution in [0.5, 0.6) is 0 Å². The molecule has 16 rings (SSSR count). The fraction of sp³-hybridized carbons (Fsp3) is 0.0526. The molecule has 1 aliphatic carbocycles. The molecule has 0 saturated heterocycles. The van der Waals surface area contributed by atoms with Crippen LogP contribution < -0.4 is 0 Å². The van der Waals surface area contributed by atoms with Gasteiger partial charge in [-0.3, -0.25) is 19.9 Å². The smallest absolute Gasteiger partial charge is 0.163 e. The van der Waals surface area contributed by atoms with E-state index in [0.29, 0.717) is 51.1 Å². The minimum Gasteiger partial charge on any atom is -0.454 e. The van der Waals surface area contributed by atoms with Crippen LogP contribution in [-0.4, -0.2) is 51.1 Å². The molecule has 10 heterocycles. The van der Waals surface area contributed by atoms with Crippen LogP contribution in [0, 0.1) is 5.92 Å². The van der Waals surface area contributed by atoms with Crippen molar-refractivity contribution in [2.24, 2.45) is 10.9 Å². The fourth-order valence-electron chi connectivity index (χ4n) is 12.0. The molecule has 416 valence electrons. The van der Waals surface area contributed by atoms with Crippen LogP contribution in [0.3, 0.4) is 0 Å². The van der Waals surface area contributed by atoms with E-state index in [0.717, 1.165) is 124 Å². The van der Waals surface area contributed by atoms with E-state index in [-0.39, 0.29) is 5.92 Å². The lowest BCUT2D eigenvalue weighted by molar-refractivity contribution is 0.663. The molecular weight excluding hydrogens is 1080 g/mol. The molecular formula is C76H50N10O2. The second-order valence-electron chi connectivity index (χ2n) is 22.0. The first-order valence-corrected chi connectivity index (χ1v) is 29.3. The molecule has 2 aliphatic rings. The largest absolute Gasteiger partial charge is 0.454 e. The van der Waals surface area contributed by atoms with Crippen LogP contribution >= 0.6 is 0 Å². The second kappa shape index (κ2) is 22.0. The number of furan rings is 2. The number of nitrogens with zero attached hydrogens (tertiary/aromatic N) is 10. The molecule has 0 amide bonds. The summed E-state index contributed by atoms with van der Waals surface area (Å²) in [5.41, 5.74) is 19.1. The number of aliphatic imine (C=N–C) groups is 1. The van der Waals surface area contributed by atoms with E-state index in [1.165, 1.54) is 0 Å². The van der Waals surface area contributed by atoms with Gasteiger partial charge in [0.2, 0.25) is 0 Å². The second-order valence-corrected chi connectivity index (χ2v) is 22.0. The zero-order valence-corrected chi connectivity index (χ0v) is 47.5. The molecule has 0 bridgehead atoms. The highest BCUT2D eigenvalue weighted by atomic mass is 16.3. The molecule has 0 spiro atoms. The molecule has 0 N–H and O–H groups in total. The predicted octanol–water partition coefficient (Wildman–Crippen LogP) is 18.3. The Labute approximate surface area is 505 Å². The van der Waals surface area contributed by atoms with Gasteiger partial charge in [-0.25, -0.2) is 29.9 Å². The summed E-state index contributed by atoms with van der Waals surface area (Å²) in [6, 6.07) is 59.4. The van der Waals surface area contributed by atoms with Crippen molar-refractivity contribution >= 4 is 55.8 Å². The first-order valence-electron chi connectivity index (χ1n) is 29.3. The summed E-state index contributed by atoms with van der Waals surface area (Å²) in [5, 5.41) is 2.56. The number of hydrogen-bond donors (Lipinski definition) is 0. The summed E-state index contributed by atoms with van der Waals surface area (Å²) in [7, 11) is 0. The molecule has 88 heavy (non-hydrogen) atoms. The van der Waals surface area contributed by atoms with Gasteiger partial charge < -0.3 is 8.83 Å². The van der Waals surface area contributed by atoms with Crippen molar-refractivity contribution < 1.29 is 8.83 Å². The molecule has 0 fully saturated rings. The van der Waals surface area contributed by atoms with Gasteiger partial charge in [0.25, 0.3) is 0 Å². The number of aromatic nitrogens is 9. The molecule has 2 unspecified atom stereocenters. The Balaban J connectivity index is 0.941. The SMILES string of the molecule is CC1C=CC(c2nc(-c3ccncc3)c(-c3ccc4oc5c(-c6cc(-c7ccccc7)nc7c6oc6ccc(-c8c(-c9ccncc9)nc(-c9ccccc9)nc8C8C=CC=NC=C8)cc67)nc(-c6ccccc6)cc5c4c3)c(-c3ccncc3)n2)=CC1. The number of pyridine rings is 5. The van der Waals surface area contributed by atoms with Gasteiger partial charge in [0, 0.05) is 122 Å². The summed E-state index contributed by atoms with van der Waals surface area (Å²) < 4.78 is 14.3. The number of fused-ring (bicyclic) bond motifs is 6. The molecule has 5 aromatic carbocycles. The highest BCUT2D eigenvalue weighted by Crippen LogP contribution is 2.47. The zero-order valence-electron chi connectivity index (χ0n) is 47.5. The van der Waals surface area contributed by atoms with Gasteiger partial charge in [0.15, 0.2) is 22.8 Å². The van der Waals surface area contributed by atoms with Crippen LogP contribution in [0.4, 0.5) is 0 Å². The highest BCUT2D eigenvalue weighted by molar-refractivity contribution is 6.16. The van der Waals surface area contributed by atoms with Crippen LogP contribution in [-0.2, 0) is 0 Å². The molecule has 2 atom stereocenters. The fourth-order valence-corrected chi connectivity index (χ4v) is 12.0. The Bertz CT molecular complexity index is 5100. The van der Waals surface area contributed by atoms with E-state index in [2.05, 4.69) is 118 Å². The summed E-state index contributed by atoms with van der Waals surface area (Å²) in [6.45, 7) is 2.22. The van der Waals surface area contributed by atoms with Crippen molar-refractivity contribution in [3.63, 3.8) is 0 Å². The Morgan fingerprint density at radius 3 is 1.60 bits per heavy atom.